The van der Waals surface area contributed by atoms with Gasteiger partial charge in [0.25, 0.3) is 0 Å². The second kappa shape index (κ2) is 6.02. The van der Waals surface area contributed by atoms with Gasteiger partial charge in [-0.05, 0) is 41.7 Å². The average molecular weight is 267 g/mol. The van der Waals surface area contributed by atoms with Gasteiger partial charge in [0.15, 0.2) is 0 Å². The Kier molecular flexibility index (Phi) is 3.93. The van der Waals surface area contributed by atoms with Gasteiger partial charge in [-0.1, -0.05) is 48.6 Å². The SMILES string of the molecule is Fc1ccc(Cc2ccc(C3CC=CCN3)cc2)cc1. The molecule has 2 aromatic carbocycles. The van der Waals surface area contributed by atoms with Crippen molar-refractivity contribution in [2.75, 3.05) is 6.54 Å². The van der Waals surface area contributed by atoms with Gasteiger partial charge in [-0.3, -0.25) is 0 Å². The monoisotopic (exact) mass is 267 g/mol. The lowest BCUT2D eigenvalue weighted by Gasteiger charge is -2.20. The van der Waals surface area contributed by atoms with Crippen LogP contribution in [0.4, 0.5) is 4.39 Å². The van der Waals surface area contributed by atoms with Crippen LogP contribution in [-0.2, 0) is 6.42 Å². The fourth-order valence-electron chi connectivity index (χ4n) is 2.57. The maximum atomic E-state index is 12.9. The standard InChI is InChI=1S/C18H18FN/c19-17-10-6-15(7-11-17)13-14-4-8-16(9-5-14)18-3-1-2-12-20-18/h1-2,4-11,18,20H,3,12-13H2. The van der Waals surface area contributed by atoms with Crippen molar-refractivity contribution in [3.05, 3.63) is 83.2 Å². The first-order valence-corrected chi connectivity index (χ1v) is 7.03. The quantitative estimate of drug-likeness (QED) is 0.829. The fourth-order valence-corrected chi connectivity index (χ4v) is 2.57. The van der Waals surface area contributed by atoms with Gasteiger partial charge < -0.3 is 5.32 Å². The smallest absolute Gasteiger partial charge is 0.123 e. The summed E-state index contributed by atoms with van der Waals surface area (Å²) in [6.45, 7) is 0.946. The molecule has 1 aliphatic rings. The number of hydrogen-bond acceptors (Lipinski definition) is 1. The topological polar surface area (TPSA) is 12.0 Å². The lowest BCUT2D eigenvalue weighted by atomic mass is 9.98. The third-order valence-electron chi connectivity index (χ3n) is 3.72. The Morgan fingerprint density at radius 2 is 1.55 bits per heavy atom. The third-order valence-corrected chi connectivity index (χ3v) is 3.72. The molecule has 0 aromatic heterocycles. The summed E-state index contributed by atoms with van der Waals surface area (Å²) in [6.07, 6.45) is 6.29. The summed E-state index contributed by atoms with van der Waals surface area (Å²) in [6, 6.07) is 15.9. The van der Waals surface area contributed by atoms with Crippen LogP contribution >= 0.6 is 0 Å². The van der Waals surface area contributed by atoms with E-state index in [-0.39, 0.29) is 5.82 Å². The van der Waals surface area contributed by atoms with Gasteiger partial charge in [0.1, 0.15) is 5.82 Å². The molecule has 1 unspecified atom stereocenters. The van der Waals surface area contributed by atoms with Crippen LogP contribution in [0.5, 0.6) is 0 Å². The van der Waals surface area contributed by atoms with E-state index in [4.69, 9.17) is 0 Å². The first-order valence-electron chi connectivity index (χ1n) is 7.03. The van der Waals surface area contributed by atoms with Crippen molar-refractivity contribution < 1.29 is 4.39 Å². The summed E-state index contributed by atoms with van der Waals surface area (Å²) in [5.74, 6) is -0.180. The molecule has 2 aromatic rings. The molecule has 3 rings (SSSR count). The van der Waals surface area contributed by atoms with Gasteiger partial charge in [-0.15, -0.1) is 0 Å². The maximum Gasteiger partial charge on any atom is 0.123 e. The molecule has 1 heterocycles. The molecular formula is C18H18FN. The van der Waals surface area contributed by atoms with Crippen LogP contribution in [0.25, 0.3) is 0 Å². The molecule has 1 aliphatic heterocycles. The average Bonchev–Trinajstić information content (AvgIpc) is 2.51. The van der Waals surface area contributed by atoms with E-state index in [1.165, 1.54) is 23.3 Å². The maximum absolute atomic E-state index is 12.9. The lowest BCUT2D eigenvalue weighted by Crippen LogP contribution is -2.23. The first kappa shape index (κ1) is 13.1. The summed E-state index contributed by atoms with van der Waals surface area (Å²) in [5, 5.41) is 3.48. The Labute approximate surface area is 119 Å². The minimum Gasteiger partial charge on any atom is -0.306 e. The third kappa shape index (κ3) is 3.14. The molecule has 0 radical (unpaired) electrons. The predicted molar refractivity (Wildman–Crippen MR) is 80.1 cm³/mol. The van der Waals surface area contributed by atoms with Crippen LogP contribution in [0.2, 0.25) is 0 Å². The summed E-state index contributed by atoms with van der Waals surface area (Å²) in [7, 11) is 0. The molecular weight excluding hydrogens is 249 g/mol. The van der Waals surface area contributed by atoms with Crippen LogP contribution < -0.4 is 5.32 Å². The molecule has 0 bridgehead atoms. The second-order valence-electron chi connectivity index (χ2n) is 5.21. The normalized spacial score (nSPS) is 18.1. The van der Waals surface area contributed by atoms with Crippen molar-refractivity contribution in [2.24, 2.45) is 0 Å². The van der Waals surface area contributed by atoms with Crippen molar-refractivity contribution >= 4 is 0 Å². The highest BCUT2D eigenvalue weighted by Gasteiger charge is 2.10. The van der Waals surface area contributed by atoms with Crippen LogP contribution in [0.15, 0.2) is 60.7 Å². The molecule has 0 saturated heterocycles. The van der Waals surface area contributed by atoms with E-state index < -0.39 is 0 Å². The van der Waals surface area contributed by atoms with E-state index >= 15 is 0 Å². The van der Waals surface area contributed by atoms with Crippen molar-refractivity contribution in [1.29, 1.82) is 0 Å². The van der Waals surface area contributed by atoms with Crippen LogP contribution in [0, 0.1) is 5.82 Å². The Balaban J connectivity index is 1.69. The van der Waals surface area contributed by atoms with Gasteiger partial charge in [-0.2, -0.15) is 0 Å². The van der Waals surface area contributed by atoms with Gasteiger partial charge in [0.05, 0.1) is 0 Å². The number of rotatable bonds is 3. The Morgan fingerprint density at radius 1 is 0.900 bits per heavy atom. The summed E-state index contributed by atoms with van der Waals surface area (Å²) in [4.78, 5) is 0. The highest BCUT2D eigenvalue weighted by molar-refractivity contribution is 5.30. The van der Waals surface area contributed by atoms with Crippen molar-refractivity contribution in [3.8, 4) is 0 Å². The van der Waals surface area contributed by atoms with E-state index in [9.17, 15) is 4.39 Å². The van der Waals surface area contributed by atoms with Crippen molar-refractivity contribution in [3.63, 3.8) is 0 Å². The Morgan fingerprint density at radius 3 is 2.15 bits per heavy atom. The van der Waals surface area contributed by atoms with Gasteiger partial charge in [0.2, 0.25) is 0 Å². The van der Waals surface area contributed by atoms with Crippen LogP contribution in [0.1, 0.15) is 29.2 Å². The van der Waals surface area contributed by atoms with Gasteiger partial charge >= 0.3 is 0 Å². The number of benzene rings is 2. The van der Waals surface area contributed by atoms with Crippen LogP contribution in [0.3, 0.4) is 0 Å². The summed E-state index contributed by atoms with van der Waals surface area (Å²) >= 11 is 0. The van der Waals surface area contributed by atoms with E-state index in [0.29, 0.717) is 6.04 Å². The molecule has 0 saturated carbocycles. The highest BCUT2D eigenvalue weighted by atomic mass is 19.1. The molecule has 1 atom stereocenters. The van der Waals surface area contributed by atoms with Gasteiger partial charge in [0, 0.05) is 12.6 Å². The minimum absolute atomic E-state index is 0.180. The molecule has 0 amide bonds. The molecule has 102 valence electrons. The zero-order chi connectivity index (χ0) is 13.8. The molecule has 1 N–H and O–H groups in total. The fraction of sp³-hybridized carbons (Fsp3) is 0.222. The van der Waals surface area contributed by atoms with Crippen LogP contribution in [-0.4, -0.2) is 6.54 Å². The Hall–Kier alpha value is -1.93. The summed E-state index contributed by atoms with van der Waals surface area (Å²) in [5.41, 5.74) is 3.72. The first-order chi connectivity index (χ1) is 9.81. The second-order valence-corrected chi connectivity index (χ2v) is 5.21. The molecule has 1 nitrogen and oxygen atoms in total. The van der Waals surface area contributed by atoms with Crippen molar-refractivity contribution in [2.45, 2.75) is 18.9 Å². The minimum atomic E-state index is -0.180. The predicted octanol–water partition coefficient (Wildman–Crippen LogP) is 4.01. The molecule has 0 fully saturated rings. The Bertz CT molecular complexity index is 584. The molecule has 20 heavy (non-hydrogen) atoms. The highest BCUT2D eigenvalue weighted by Crippen LogP contribution is 2.21. The lowest BCUT2D eigenvalue weighted by molar-refractivity contribution is 0.555. The molecule has 2 heteroatoms. The molecule has 0 aliphatic carbocycles. The number of halogens is 1. The van der Waals surface area contributed by atoms with E-state index in [1.54, 1.807) is 0 Å². The zero-order valence-electron chi connectivity index (χ0n) is 11.4. The van der Waals surface area contributed by atoms with E-state index in [2.05, 4.69) is 41.7 Å². The van der Waals surface area contributed by atoms with Gasteiger partial charge in [-0.25, -0.2) is 4.39 Å². The van der Waals surface area contributed by atoms with E-state index in [0.717, 1.165) is 24.9 Å². The largest absolute Gasteiger partial charge is 0.306 e. The van der Waals surface area contributed by atoms with Crippen molar-refractivity contribution in [1.82, 2.24) is 5.32 Å². The van der Waals surface area contributed by atoms with E-state index in [1.807, 2.05) is 12.1 Å². The number of nitrogens with one attached hydrogen (secondary N) is 1. The molecule has 0 spiro atoms. The summed E-state index contributed by atoms with van der Waals surface area (Å²) < 4.78 is 12.9. The number of hydrogen-bond donors (Lipinski definition) is 1. The zero-order valence-corrected chi connectivity index (χ0v) is 11.4.